The number of aliphatic hydroxyl groups excluding tert-OH is 1. The van der Waals surface area contributed by atoms with Crippen LogP contribution in [0.5, 0.6) is 0 Å². The van der Waals surface area contributed by atoms with E-state index >= 15 is 0 Å². The van der Waals surface area contributed by atoms with Gasteiger partial charge < -0.3 is 5.11 Å². The van der Waals surface area contributed by atoms with Gasteiger partial charge in [-0.25, -0.2) is 0 Å². The van der Waals surface area contributed by atoms with E-state index in [0.29, 0.717) is 11.4 Å². The average Bonchev–Trinajstić information content (AvgIpc) is 2.60. The fourth-order valence-corrected chi connectivity index (χ4v) is 2.33. The zero-order valence-corrected chi connectivity index (χ0v) is 11.5. The van der Waals surface area contributed by atoms with E-state index in [2.05, 4.69) is 6.92 Å². The van der Waals surface area contributed by atoms with Crippen LogP contribution < -0.4 is 0 Å². The first-order valence-corrected chi connectivity index (χ1v) is 6.66. The summed E-state index contributed by atoms with van der Waals surface area (Å²) in [6, 6.07) is 0. The highest BCUT2D eigenvalue weighted by atomic mass is 32.1. The minimum Gasteiger partial charge on any atom is -0.376 e. The molecule has 4 heteroatoms. The highest BCUT2D eigenvalue weighted by molar-refractivity contribution is 7.80. The molecule has 1 N–H and O–H groups in total. The lowest BCUT2D eigenvalue weighted by atomic mass is 10.0. The number of amides is 1. The fraction of sp³-hybridized carbons (Fsp3) is 0.692. The molecule has 1 fully saturated rings. The monoisotopic (exact) mass is 255 g/mol. The van der Waals surface area contributed by atoms with E-state index in [4.69, 9.17) is 17.3 Å². The van der Waals surface area contributed by atoms with Crippen LogP contribution >= 0.6 is 12.2 Å². The molecule has 0 spiro atoms. The van der Waals surface area contributed by atoms with E-state index in [1.54, 1.807) is 0 Å². The first-order chi connectivity index (χ1) is 8.11. The number of thiocarbonyl (C=S) groups is 1. The van der Waals surface area contributed by atoms with Crippen LogP contribution in [0.1, 0.15) is 52.4 Å². The van der Waals surface area contributed by atoms with Gasteiger partial charge in [-0.15, -0.1) is 0 Å². The third-order valence-corrected chi connectivity index (χ3v) is 3.56. The SMILES string of the molecule is CCCCCCC(C)=C1CC(=S)N(CO)C1=O. The van der Waals surface area contributed by atoms with Crippen molar-refractivity contribution in [3.63, 3.8) is 0 Å². The smallest absolute Gasteiger partial charge is 0.256 e. The molecule has 0 aromatic carbocycles. The van der Waals surface area contributed by atoms with Crippen LogP contribution in [0.2, 0.25) is 0 Å². The maximum absolute atomic E-state index is 11.9. The molecule has 0 saturated carbocycles. The maximum Gasteiger partial charge on any atom is 0.256 e. The zero-order chi connectivity index (χ0) is 12.8. The van der Waals surface area contributed by atoms with Gasteiger partial charge in [-0.3, -0.25) is 9.69 Å². The van der Waals surface area contributed by atoms with Crippen molar-refractivity contribution in [3.05, 3.63) is 11.1 Å². The fourth-order valence-electron chi connectivity index (χ4n) is 2.04. The van der Waals surface area contributed by atoms with E-state index in [-0.39, 0.29) is 12.6 Å². The Morgan fingerprint density at radius 2 is 2.12 bits per heavy atom. The number of unbranched alkanes of at least 4 members (excludes halogenated alkanes) is 3. The summed E-state index contributed by atoms with van der Waals surface area (Å²) in [6.45, 7) is 3.89. The van der Waals surface area contributed by atoms with E-state index < -0.39 is 0 Å². The quantitative estimate of drug-likeness (QED) is 0.451. The summed E-state index contributed by atoms with van der Waals surface area (Å²) in [5, 5.41) is 9.05. The Morgan fingerprint density at radius 3 is 2.65 bits per heavy atom. The molecule has 1 heterocycles. The number of likely N-dealkylation sites (tertiary alicyclic amines) is 1. The molecule has 0 aliphatic carbocycles. The molecule has 1 saturated heterocycles. The van der Waals surface area contributed by atoms with Gasteiger partial charge in [-0.1, -0.05) is 44.0 Å². The third-order valence-electron chi connectivity index (χ3n) is 3.19. The lowest BCUT2D eigenvalue weighted by Crippen LogP contribution is -2.29. The van der Waals surface area contributed by atoms with E-state index in [9.17, 15) is 4.79 Å². The molecule has 1 aliphatic rings. The van der Waals surface area contributed by atoms with Gasteiger partial charge in [0.2, 0.25) is 0 Å². The van der Waals surface area contributed by atoms with Gasteiger partial charge >= 0.3 is 0 Å². The molecule has 1 amide bonds. The minimum atomic E-state index is -0.301. The molecule has 96 valence electrons. The summed E-state index contributed by atoms with van der Waals surface area (Å²) >= 11 is 5.08. The molecule has 0 radical (unpaired) electrons. The summed E-state index contributed by atoms with van der Waals surface area (Å²) in [5.41, 5.74) is 1.92. The van der Waals surface area contributed by atoms with Crippen LogP contribution in [-0.2, 0) is 4.79 Å². The molecule has 0 bridgehead atoms. The Morgan fingerprint density at radius 1 is 1.41 bits per heavy atom. The van der Waals surface area contributed by atoms with Crippen molar-refractivity contribution in [2.24, 2.45) is 0 Å². The molecule has 1 aliphatic heterocycles. The molecule has 0 aromatic rings. The Hall–Kier alpha value is -0.740. The van der Waals surface area contributed by atoms with E-state index in [1.807, 2.05) is 6.92 Å². The molecular weight excluding hydrogens is 234 g/mol. The molecule has 3 nitrogen and oxygen atoms in total. The first kappa shape index (κ1) is 14.3. The highest BCUT2D eigenvalue weighted by Crippen LogP contribution is 2.25. The second-order valence-electron chi connectivity index (χ2n) is 4.51. The number of carbonyl (C=O) groups excluding carboxylic acids is 1. The normalized spacial score (nSPS) is 19.1. The van der Waals surface area contributed by atoms with E-state index in [1.165, 1.54) is 24.2 Å². The predicted octanol–water partition coefficient (Wildman–Crippen LogP) is 2.78. The molecule has 1 rings (SSSR count). The van der Waals surface area contributed by atoms with Gasteiger partial charge in [0, 0.05) is 12.0 Å². The number of rotatable bonds is 6. The van der Waals surface area contributed by atoms with Gasteiger partial charge in [0.05, 0.1) is 4.99 Å². The van der Waals surface area contributed by atoms with Crippen molar-refractivity contribution in [1.29, 1.82) is 0 Å². The predicted molar refractivity (Wildman–Crippen MR) is 72.6 cm³/mol. The summed E-state index contributed by atoms with van der Waals surface area (Å²) in [7, 11) is 0. The first-order valence-electron chi connectivity index (χ1n) is 6.26. The topological polar surface area (TPSA) is 40.5 Å². The van der Waals surface area contributed by atoms with E-state index in [0.717, 1.165) is 24.0 Å². The maximum atomic E-state index is 11.9. The minimum absolute atomic E-state index is 0.106. The lowest BCUT2D eigenvalue weighted by Gasteiger charge is -2.10. The van der Waals surface area contributed by atoms with Crippen LogP contribution in [-0.4, -0.2) is 27.6 Å². The van der Waals surface area contributed by atoms with Crippen molar-refractivity contribution in [2.75, 3.05) is 6.73 Å². The van der Waals surface area contributed by atoms with Gasteiger partial charge in [-0.05, 0) is 19.8 Å². The molecule has 0 atom stereocenters. The summed E-state index contributed by atoms with van der Waals surface area (Å²) in [5.74, 6) is -0.106. The highest BCUT2D eigenvalue weighted by Gasteiger charge is 2.31. The van der Waals surface area contributed by atoms with Gasteiger partial charge in [0.15, 0.2) is 0 Å². The van der Waals surface area contributed by atoms with Crippen LogP contribution in [0, 0.1) is 0 Å². The number of hydrogen-bond donors (Lipinski definition) is 1. The Bertz CT molecular complexity index is 336. The second kappa shape index (κ2) is 6.87. The Kier molecular flexibility index (Phi) is 5.78. The molecule has 0 unspecified atom stereocenters. The second-order valence-corrected chi connectivity index (χ2v) is 4.99. The van der Waals surface area contributed by atoms with Crippen molar-refractivity contribution in [1.82, 2.24) is 4.90 Å². The largest absolute Gasteiger partial charge is 0.376 e. The van der Waals surface area contributed by atoms with Crippen molar-refractivity contribution >= 4 is 23.1 Å². The summed E-state index contributed by atoms with van der Waals surface area (Å²) in [4.78, 5) is 13.7. The third kappa shape index (κ3) is 3.61. The Labute approximate surface area is 108 Å². The average molecular weight is 255 g/mol. The number of allylic oxidation sites excluding steroid dienone is 1. The summed E-state index contributed by atoms with van der Waals surface area (Å²) < 4.78 is 0. The lowest BCUT2D eigenvalue weighted by molar-refractivity contribution is -0.124. The zero-order valence-electron chi connectivity index (χ0n) is 10.7. The van der Waals surface area contributed by atoms with Crippen LogP contribution in [0.3, 0.4) is 0 Å². The molecule has 17 heavy (non-hydrogen) atoms. The van der Waals surface area contributed by atoms with Gasteiger partial charge in [0.25, 0.3) is 5.91 Å². The van der Waals surface area contributed by atoms with Crippen LogP contribution in [0.25, 0.3) is 0 Å². The van der Waals surface area contributed by atoms with Crippen molar-refractivity contribution in [2.45, 2.75) is 52.4 Å². The van der Waals surface area contributed by atoms with Crippen molar-refractivity contribution in [3.8, 4) is 0 Å². The number of hydrogen-bond acceptors (Lipinski definition) is 3. The Balaban J connectivity index is 2.58. The van der Waals surface area contributed by atoms with Gasteiger partial charge in [-0.2, -0.15) is 0 Å². The number of aliphatic hydroxyl groups is 1. The van der Waals surface area contributed by atoms with Crippen molar-refractivity contribution < 1.29 is 9.90 Å². The molecular formula is C13H21NO2S. The van der Waals surface area contributed by atoms with Crippen LogP contribution in [0.15, 0.2) is 11.1 Å². The summed E-state index contributed by atoms with van der Waals surface area (Å²) in [6.07, 6.45) is 6.29. The molecule has 0 aromatic heterocycles. The van der Waals surface area contributed by atoms with Gasteiger partial charge in [0.1, 0.15) is 6.73 Å². The standard InChI is InChI=1S/C13H21NO2S/c1-3-4-5-6-7-10(2)11-8-12(17)14(9-15)13(11)16/h15H,3-9H2,1-2H3. The number of nitrogens with zero attached hydrogens (tertiary/aromatic N) is 1. The number of carbonyl (C=O) groups is 1. The van der Waals surface area contributed by atoms with Crippen LogP contribution in [0.4, 0.5) is 0 Å².